The van der Waals surface area contributed by atoms with Crippen LogP contribution in [0.25, 0.3) is 0 Å². The summed E-state index contributed by atoms with van der Waals surface area (Å²) in [6.07, 6.45) is 1.91. The molecule has 0 aromatic heterocycles. The van der Waals surface area contributed by atoms with Crippen molar-refractivity contribution in [2.24, 2.45) is 11.7 Å². The molecule has 1 heterocycles. The van der Waals surface area contributed by atoms with Crippen molar-refractivity contribution in [1.82, 2.24) is 4.90 Å². The van der Waals surface area contributed by atoms with Gasteiger partial charge in [0.05, 0.1) is 0 Å². The molecule has 3 heteroatoms. The fraction of sp³-hybridized carbons (Fsp3) is 0.400. The highest BCUT2D eigenvalue weighted by Gasteiger charge is 2.25. The summed E-state index contributed by atoms with van der Waals surface area (Å²) < 4.78 is 13.4. The third-order valence-electron chi connectivity index (χ3n) is 4.55. The molecule has 0 saturated carbocycles. The maximum Gasteiger partial charge on any atom is 0.123 e. The maximum absolute atomic E-state index is 13.4. The van der Waals surface area contributed by atoms with Crippen LogP contribution in [-0.2, 0) is 13.0 Å². The average Bonchev–Trinajstić information content (AvgIpc) is 2.46. The minimum absolute atomic E-state index is 0.153. The van der Waals surface area contributed by atoms with Gasteiger partial charge in [-0.3, -0.25) is 4.90 Å². The molecule has 0 spiro atoms. The second-order valence-electron chi connectivity index (χ2n) is 6.88. The summed E-state index contributed by atoms with van der Waals surface area (Å²) in [7, 11) is 0. The minimum Gasteiger partial charge on any atom is -0.327 e. The second-order valence-corrected chi connectivity index (χ2v) is 6.88. The standard InChI is InChI=1S/C20H25FN2/c1-15-4-2-6-17(8-15)12-23-13-18(11-20(22)14-23)9-16-5-3-7-19(21)10-16/h2-8,10,18,20H,9,11-14,22H2,1H3. The zero-order valence-electron chi connectivity index (χ0n) is 13.7. The van der Waals surface area contributed by atoms with Crippen LogP contribution in [0.3, 0.4) is 0 Å². The van der Waals surface area contributed by atoms with Crippen LogP contribution in [0.5, 0.6) is 0 Å². The third kappa shape index (κ3) is 4.63. The van der Waals surface area contributed by atoms with Gasteiger partial charge in [-0.15, -0.1) is 0 Å². The van der Waals surface area contributed by atoms with Crippen molar-refractivity contribution in [3.8, 4) is 0 Å². The van der Waals surface area contributed by atoms with E-state index in [2.05, 4.69) is 36.1 Å². The Balaban J connectivity index is 1.64. The molecule has 1 fully saturated rings. The molecule has 0 aliphatic carbocycles. The van der Waals surface area contributed by atoms with Crippen molar-refractivity contribution >= 4 is 0 Å². The lowest BCUT2D eigenvalue weighted by Crippen LogP contribution is -2.47. The first-order chi connectivity index (χ1) is 11.1. The largest absolute Gasteiger partial charge is 0.327 e. The van der Waals surface area contributed by atoms with Gasteiger partial charge in [-0.05, 0) is 48.9 Å². The lowest BCUT2D eigenvalue weighted by Gasteiger charge is -2.36. The zero-order valence-corrected chi connectivity index (χ0v) is 13.7. The van der Waals surface area contributed by atoms with Gasteiger partial charge in [-0.1, -0.05) is 42.0 Å². The van der Waals surface area contributed by atoms with E-state index in [1.54, 1.807) is 12.1 Å². The predicted octanol–water partition coefficient (Wildman–Crippen LogP) is 3.53. The van der Waals surface area contributed by atoms with E-state index in [1.807, 2.05) is 6.07 Å². The average molecular weight is 312 g/mol. The van der Waals surface area contributed by atoms with Crippen LogP contribution in [0.4, 0.5) is 4.39 Å². The van der Waals surface area contributed by atoms with E-state index < -0.39 is 0 Å². The van der Waals surface area contributed by atoms with Gasteiger partial charge >= 0.3 is 0 Å². The number of benzene rings is 2. The monoisotopic (exact) mass is 312 g/mol. The summed E-state index contributed by atoms with van der Waals surface area (Å²) in [4.78, 5) is 2.44. The molecule has 23 heavy (non-hydrogen) atoms. The maximum atomic E-state index is 13.4. The zero-order chi connectivity index (χ0) is 16.2. The van der Waals surface area contributed by atoms with Crippen LogP contribution in [-0.4, -0.2) is 24.0 Å². The molecule has 122 valence electrons. The Labute approximate surface area is 138 Å². The molecule has 3 rings (SSSR count). The number of likely N-dealkylation sites (tertiary alicyclic amines) is 1. The van der Waals surface area contributed by atoms with Crippen molar-refractivity contribution in [2.75, 3.05) is 13.1 Å². The summed E-state index contributed by atoms with van der Waals surface area (Å²) in [5, 5.41) is 0. The Morgan fingerprint density at radius 2 is 1.87 bits per heavy atom. The van der Waals surface area contributed by atoms with Gasteiger partial charge in [0.1, 0.15) is 5.82 Å². The highest BCUT2D eigenvalue weighted by Crippen LogP contribution is 2.22. The normalized spacial score (nSPS) is 22.2. The van der Waals surface area contributed by atoms with E-state index in [0.717, 1.165) is 38.0 Å². The van der Waals surface area contributed by atoms with Crippen molar-refractivity contribution in [2.45, 2.75) is 32.4 Å². The molecule has 0 amide bonds. The van der Waals surface area contributed by atoms with Crippen LogP contribution in [0.1, 0.15) is 23.1 Å². The van der Waals surface area contributed by atoms with Crippen LogP contribution < -0.4 is 5.73 Å². The van der Waals surface area contributed by atoms with E-state index in [-0.39, 0.29) is 11.9 Å². The van der Waals surface area contributed by atoms with Crippen LogP contribution >= 0.6 is 0 Å². The molecule has 2 atom stereocenters. The molecule has 2 aromatic carbocycles. The summed E-state index contributed by atoms with van der Waals surface area (Å²) in [6.45, 7) is 5.03. The number of halogens is 1. The first-order valence-corrected chi connectivity index (χ1v) is 8.36. The molecule has 2 nitrogen and oxygen atoms in total. The Bertz CT molecular complexity index is 600. The Morgan fingerprint density at radius 1 is 1.09 bits per heavy atom. The van der Waals surface area contributed by atoms with E-state index in [4.69, 9.17) is 5.73 Å². The number of nitrogens with two attached hydrogens (primary N) is 1. The third-order valence-corrected chi connectivity index (χ3v) is 4.55. The minimum atomic E-state index is -0.153. The second kappa shape index (κ2) is 7.24. The highest BCUT2D eigenvalue weighted by molar-refractivity contribution is 5.22. The summed E-state index contributed by atoms with van der Waals surface area (Å²) in [5.41, 5.74) is 9.96. The quantitative estimate of drug-likeness (QED) is 0.936. The molecule has 1 aliphatic heterocycles. The summed E-state index contributed by atoms with van der Waals surface area (Å²) in [5.74, 6) is 0.338. The van der Waals surface area contributed by atoms with E-state index in [0.29, 0.717) is 5.92 Å². The SMILES string of the molecule is Cc1cccc(CN2CC(N)CC(Cc3cccc(F)c3)C2)c1. The van der Waals surface area contributed by atoms with Gasteiger partial charge in [0, 0.05) is 25.7 Å². The molecule has 2 N–H and O–H groups in total. The van der Waals surface area contributed by atoms with E-state index >= 15 is 0 Å². The smallest absolute Gasteiger partial charge is 0.123 e. The van der Waals surface area contributed by atoms with Crippen molar-refractivity contribution in [3.63, 3.8) is 0 Å². The molecule has 1 aliphatic rings. The lowest BCUT2D eigenvalue weighted by atomic mass is 9.89. The van der Waals surface area contributed by atoms with Crippen molar-refractivity contribution in [1.29, 1.82) is 0 Å². The molecule has 1 saturated heterocycles. The number of piperidine rings is 1. The number of rotatable bonds is 4. The summed E-state index contributed by atoms with van der Waals surface area (Å²) in [6, 6.07) is 15.8. The molecular weight excluding hydrogens is 287 g/mol. The topological polar surface area (TPSA) is 29.3 Å². The molecule has 2 unspecified atom stereocenters. The van der Waals surface area contributed by atoms with Gasteiger partial charge in [0.25, 0.3) is 0 Å². The molecular formula is C20H25FN2. The van der Waals surface area contributed by atoms with Crippen molar-refractivity contribution in [3.05, 3.63) is 71.0 Å². The molecule has 2 aromatic rings. The number of aryl methyl sites for hydroxylation is 1. The van der Waals surface area contributed by atoms with Gasteiger partial charge < -0.3 is 5.73 Å². The first-order valence-electron chi connectivity index (χ1n) is 8.36. The Morgan fingerprint density at radius 3 is 2.65 bits per heavy atom. The molecule has 0 bridgehead atoms. The highest BCUT2D eigenvalue weighted by atomic mass is 19.1. The van der Waals surface area contributed by atoms with E-state index in [9.17, 15) is 4.39 Å². The fourth-order valence-electron chi connectivity index (χ4n) is 3.69. The molecule has 0 radical (unpaired) electrons. The van der Waals surface area contributed by atoms with Gasteiger partial charge in [0.2, 0.25) is 0 Å². The summed E-state index contributed by atoms with van der Waals surface area (Å²) >= 11 is 0. The number of hydrogen-bond donors (Lipinski definition) is 1. The number of nitrogens with zero attached hydrogens (tertiary/aromatic N) is 1. The van der Waals surface area contributed by atoms with Gasteiger partial charge in [-0.2, -0.15) is 0 Å². The first kappa shape index (κ1) is 16.2. The fourth-order valence-corrected chi connectivity index (χ4v) is 3.69. The van der Waals surface area contributed by atoms with Gasteiger partial charge in [-0.25, -0.2) is 4.39 Å². The Kier molecular flexibility index (Phi) is 5.09. The van der Waals surface area contributed by atoms with E-state index in [1.165, 1.54) is 17.2 Å². The van der Waals surface area contributed by atoms with Crippen LogP contribution in [0.15, 0.2) is 48.5 Å². The number of hydrogen-bond acceptors (Lipinski definition) is 2. The predicted molar refractivity (Wildman–Crippen MR) is 92.6 cm³/mol. The lowest BCUT2D eigenvalue weighted by molar-refractivity contribution is 0.149. The Hall–Kier alpha value is -1.71. The van der Waals surface area contributed by atoms with Crippen LogP contribution in [0.2, 0.25) is 0 Å². The van der Waals surface area contributed by atoms with Gasteiger partial charge in [0.15, 0.2) is 0 Å². The van der Waals surface area contributed by atoms with Crippen LogP contribution in [0, 0.1) is 18.7 Å². The van der Waals surface area contributed by atoms with Crippen molar-refractivity contribution < 1.29 is 4.39 Å².